The van der Waals surface area contributed by atoms with E-state index < -0.39 is 0 Å². The standard InChI is InChI=1S/C8H16O.C7H14O/c1-5-7(3)8(6-2)9-4;1-4-6-7(3,5-2)8-6/h8H,3,5-6H2,1-2,4H3;6H,4-5H2,1-3H3. The first-order valence-electron chi connectivity index (χ1n) is 6.87. The smallest absolute Gasteiger partial charge is 0.0917 e. The molecule has 0 N–H and O–H groups in total. The first-order chi connectivity index (χ1) is 7.98. The minimum atomic E-state index is 0.259. The molecule has 2 nitrogen and oxygen atoms in total. The zero-order valence-electron chi connectivity index (χ0n) is 12.5. The molecule has 3 unspecified atom stereocenters. The lowest BCUT2D eigenvalue weighted by atomic mass is 10.0. The molecule has 1 aliphatic heterocycles. The van der Waals surface area contributed by atoms with Gasteiger partial charge >= 0.3 is 0 Å². The lowest BCUT2D eigenvalue weighted by Gasteiger charge is -2.13. The van der Waals surface area contributed by atoms with Crippen molar-refractivity contribution in [2.45, 2.75) is 78.1 Å². The van der Waals surface area contributed by atoms with Crippen molar-refractivity contribution in [1.29, 1.82) is 0 Å². The van der Waals surface area contributed by atoms with Gasteiger partial charge in [0.1, 0.15) is 0 Å². The van der Waals surface area contributed by atoms with Crippen LogP contribution in [0.25, 0.3) is 0 Å². The van der Waals surface area contributed by atoms with Crippen molar-refractivity contribution in [3.63, 3.8) is 0 Å². The molecule has 102 valence electrons. The Labute approximate surface area is 107 Å². The molecular weight excluding hydrogens is 212 g/mol. The van der Waals surface area contributed by atoms with E-state index in [-0.39, 0.29) is 11.7 Å². The van der Waals surface area contributed by atoms with Gasteiger partial charge < -0.3 is 9.47 Å². The van der Waals surface area contributed by atoms with Crippen molar-refractivity contribution < 1.29 is 9.47 Å². The first kappa shape index (κ1) is 16.7. The van der Waals surface area contributed by atoms with Crippen molar-refractivity contribution in [3.8, 4) is 0 Å². The van der Waals surface area contributed by atoms with Crippen molar-refractivity contribution in [3.05, 3.63) is 12.2 Å². The summed E-state index contributed by atoms with van der Waals surface area (Å²) in [7, 11) is 1.73. The minimum absolute atomic E-state index is 0.259. The second kappa shape index (κ2) is 7.88. The van der Waals surface area contributed by atoms with Crippen LogP contribution in [-0.2, 0) is 9.47 Å². The van der Waals surface area contributed by atoms with Gasteiger partial charge in [0.15, 0.2) is 0 Å². The van der Waals surface area contributed by atoms with Crippen molar-refractivity contribution in [2.75, 3.05) is 7.11 Å². The van der Waals surface area contributed by atoms with Gasteiger partial charge in [-0.05, 0) is 38.2 Å². The van der Waals surface area contributed by atoms with E-state index in [4.69, 9.17) is 9.47 Å². The fourth-order valence-corrected chi connectivity index (χ4v) is 1.97. The van der Waals surface area contributed by atoms with Crippen LogP contribution in [0.1, 0.15) is 60.3 Å². The van der Waals surface area contributed by atoms with Gasteiger partial charge in [-0.2, -0.15) is 0 Å². The summed E-state index contributed by atoms with van der Waals surface area (Å²) < 4.78 is 10.6. The summed E-state index contributed by atoms with van der Waals surface area (Å²) in [5, 5.41) is 0. The lowest BCUT2D eigenvalue weighted by Crippen LogP contribution is -2.10. The van der Waals surface area contributed by atoms with Gasteiger partial charge in [0.05, 0.1) is 17.8 Å². The topological polar surface area (TPSA) is 21.8 Å². The molecule has 0 aromatic carbocycles. The number of rotatable bonds is 6. The van der Waals surface area contributed by atoms with E-state index in [1.54, 1.807) is 7.11 Å². The zero-order valence-corrected chi connectivity index (χ0v) is 12.5. The summed E-state index contributed by atoms with van der Waals surface area (Å²) >= 11 is 0. The van der Waals surface area contributed by atoms with E-state index in [1.165, 1.54) is 12.0 Å². The van der Waals surface area contributed by atoms with Gasteiger partial charge in [0.2, 0.25) is 0 Å². The predicted octanol–water partition coefficient (Wildman–Crippen LogP) is 4.34. The highest BCUT2D eigenvalue weighted by Gasteiger charge is 2.48. The fourth-order valence-electron chi connectivity index (χ4n) is 1.97. The summed E-state index contributed by atoms with van der Waals surface area (Å²) in [6.07, 6.45) is 5.22. The molecule has 0 radical (unpaired) electrons. The number of epoxide rings is 1. The quantitative estimate of drug-likeness (QED) is 0.510. The summed E-state index contributed by atoms with van der Waals surface area (Å²) in [5.41, 5.74) is 1.45. The fraction of sp³-hybridized carbons (Fsp3) is 0.867. The average molecular weight is 242 g/mol. The van der Waals surface area contributed by atoms with Crippen LogP contribution in [0.15, 0.2) is 12.2 Å². The van der Waals surface area contributed by atoms with Crippen molar-refractivity contribution in [1.82, 2.24) is 0 Å². The highest BCUT2D eigenvalue weighted by Crippen LogP contribution is 2.40. The van der Waals surface area contributed by atoms with Crippen LogP contribution < -0.4 is 0 Å². The van der Waals surface area contributed by atoms with Gasteiger partial charge in [-0.3, -0.25) is 0 Å². The van der Waals surface area contributed by atoms with E-state index in [0.29, 0.717) is 6.10 Å². The predicted molar refractivity (Wildman–Crippen MR) is 74.4 cm³/mol. The zero-order chi connectivity index (χ0) is 13.5. The molecule has 3 atom stereocenters. The largest absolute Gasteiger partial charge is 0.377 e. The third-order valence-corrected chi connectivity index (χ3v) is 3.67. The van der Waals surface area contributed by atoms with E-state index in [1.807, 2.05) is 0 Å². The SMILES string of the molecule is C=C(CC)C(CC)OC.CCC1OC1(C)CC. The minimum Gasteiger partial charge on any atom is -0.377 e. The molecule has 1 fully saturated rings. The maximum Gasteiger partial charge on any atom is 0.0917 e. The summed E-state index contributed by atoms with van der Waals surface area (Å²) in [6.45, 7) is 14.6. The maximum absolute atomic E-state index is 5.40. The highest BCUT2D eigenvalue weighted by atomic mass is 16.6. The van der Waals surface area contributed by atoms with Crippen molar-refractivity contribution >= 4 is 0 Å². The number of hydrogen-bond donors (Lipinski definition) is 0. The second-order valence-corrected chi connectivity index (χ2v) is 4.83. The third-order valence-electron chi connectivity index (χ3n) is 3.67. The van der Waals surface area contributed by atoms with E-state index >= 15 is 0 Å². The van der Waals surface area contributed by atoms with Crippen LogP contribution in [-0.4, -0.2) is 24.9 Å². The van der Waals surface area contributed by atoms with Gasteiger partial charge in [0.25, 0.3) is 0 Å². The number of methoxy groups -OCH3 is 1. The molecular formula is C15H30O2. The van der Waals surface area contributed by atoms with Crippen LogP contribution in [0.3, 0.4) is 0 Å². The molecule has 17 heavy (non-hydrogen) atoms. The molecule has 1 rings (SSSR count). The number of ether oxygens (including phenoxy) is 2. The lowest BCUT2D eigenvalue weighted by molar-refractivity contribution is 0.126. The van der Waals surface area contributed by atoms with Crippen molar-refractivity contribution in [2.24, 2.45) is 0 Å². The van der Waals surface area contributed by atoms with Crippen LogP contribution in [0.5, 0.6) is 0 Å². The Morgan fingerprint density at radius 1 is 1.35 bits per heavy atom. The normalized spacial score (nSPS) is 28.0. The monoisotopic (exact) mass is 242 g/mol. The molecule has 0 aromatic rings. The maximum atomic E-state index is 5.40. The van der Waals surface area contributed by atoms with Gasteiger partial charge in [-0.25, -0.2) is 0 Å². The Kier molecular flexibility index (Phi) is 7.73. The molecule has 0 bridgehead atoms. The molecule has 1 aliphatic rings. The Hall–Kier alpha value is -0.340. The van der Waals surface area contributed by atoms with Crippen LogP contribution in [0, 0.1) is 0 Å². The van der Waals surface area contributed by atoms with Crippen LogP contribution >= 0.6 is 0 Å². The van der Waals surface area contributed by atoms with Gasteiger partial charge in [0, 0.05) is 7.11 Å². The molecule has 0 aliphatic carbocycles. The Bertz CT molecular complexity index is 221. The highest BCUT2D eigenvalue weighted by molar-refractivity contribution is 5.00. The average Bonchev–Trinajstić information content (AvgIpc) is 3.03. The van der Waals surface area contributed by atoms with Crippen LogP contribution in [0.4, 0.5) is 0 Å². The first-order valence-corrected chi connectivity index (χ1v) is 6.87. The Morgan fingerprint density at radius 3 is 2.06 bits per heavy atom. The summed E-state index contributed by atoms with van der Waals surface area (Å²) in [5.74, 6) is 0. The van der Waals surface area contributed by atoms with E-state index in [0.717, 1.165) is 19.3 Å². The molecule has 1 heterocycles. The summed E-state index contributed by atoms with van der Waals surface area (Å²) in [4.78, 5) is 0. The number of hydrogen-bond acceptors (Lipinski definition) is 2. The molecule has 0 saturated carbocycles. The molecule has 1 saturated heterocycles. The Morgan fingerprint density at radius 2 is 1.94 bits per heavy atom. The van der Waals surface area contributed by atoms with Gasteiger partial charge in [-0.1, -0.05) is 34.3 Å². The molecule has 0 aromatic heterocycles. The van der Waals surface area contributed by atoms with E-state index in [2.05, 4.69) is 41.2 Å². The molecule has 0 amide bonds. The Balaban J connectivity index is 0.000000302. The third kappa shape index (κ3) is 5.22. The summed E-state index contributed by atoms with van der Waals surface area (Å²) in [6, 6.07) is 0. The second-order valence-electron chi connectivity index (χ2n) is 4.83. The van der Waals surface area contributed by atoms with Gasteiger partial charge in [-0.15, -0.1) is 0 Å². The van der Waals surface area contributed by atoms with E-state index in [9.17, 15) is 0 Å². The van der Waals surface area contributed by atoms with Crippen LogP contribution in [0.2, 0.25) is 0 Å². The molecule has 2 heteroatoms. The molecule has 0 spiro atoms.